The predicted molar refractivity (Wildman–Crippen MR) is 84.6 cm³/mol. The van der Waals surface area contributed by atoms with Gasteiger partial charge in [0, 0.05) is 19.5 Å². The summed E-state index contributed by atoms with van der Waals surface area (Å²) < 4.78 is 13.0. The molecule has 1 atom stereocenters. The van der Waals surface area contributed by atoms with Crippen molar-refractivity contribution in [3.63, 3.8) is 0 Å². The molecule has 1 aromatic rings. The molecule has 0 aliphatic heterocycles. The third-order valence-corrected chi connectivity index (χ3v) is 3.42. The Bertz CT molecular complexity index is 500. The minimum absolute atomic E-state index is 0.100. The van der Waals surface area contributed by atoms with Gasteiger partial charge in [0.15, 0.2) is 0 Å². The first-order valence-electron chi connectivity index (χ1n) is 7.66. The summed E-state index contributed by atoms with van der Waals surface area (Å²) in [7, 11) is 0. The number of benzene rings is 1. The molecule has 0 spiro atoms. The fraction of sp³-hybridized carbons (Fsp3) is 0.529. The van der Waals surface area contributed by atoms with Crippen molar-refractivity contribution in [2.75, 3.05) is 6.54 Å². The zero-order valence-corrected chi connectivity index (χ0v) is 13.7. The first-order chi connectivity index (χ1) is 10.3. The Hall–Kier alpha value is -1.91. The van der Waals surface area contributed by atoms with Gasteiger partial charge in [-0.2, -0.15) is 0 Å². The van der Waals surface area contributed by atoms with Crippen LogP contribution < -0.4 is 5.32 Å². The highest BCUT2D eigenvalue weighted by Gasteiger charge is 2.24. The number of carbonyl (C=O) groups is 2. The number of nitrogens with one attached hydrogen (secondary N) is 1. The van der Waals surface area contributed by atoms with Gasteiger partial charge in [0.1, 0.15) is 11.9 Å². The number of halogens is 1. The normalized spacial score (nSPS) is 12.1. The minimum atomic E-state index is -0.559. The van der Waals surface area contributed by atoms with Crippen LogP contribution >= 0.6 is 0 Å². The fourth-order valence-corrected chi connectivity index (χ4v) is 2.02. The molecule has 22 heavy (non-hydrogen) atoms. The van der Waals surface area contributed by atoms with Crippen LogP contribution in [0.5, 0.6) is 0 Å². The van der Waals surface area contributed by atoms with E-state index < -0.39 is 6.04 Å². The fourth-order valence-electron chi connectivity index (χ4n) is 2.02. The summed E-state index contributed by atoms with van der Waals surface area (Å²) in [6.07, 6.45) is 0.322. The van der Waals surface area contributed by atoms with Gasteiger partial charge in [-0.05, 0) is 30.5 Å². The molecule has 0 saturated heterocycles. The Morgan fingerprint density at radius 1 is 1.18 bits per heavy atom. The molecule has 0 aliphatic carbocycles. The number of hydrogen-bond acceptors (Lipinski definition) is 2. The monoisotopic (exact) mass is 308 g/mol. The van der Waals surface area contributed by atoms with Crippen LogP contribution in [0.15, 0.2) is 24.3 Å². The number of amides is 2. The Kier molecular flexibility index (Phi) is 7.02. The summed E-state index contributed by atoms with van der Waals surface area (Å²) in [5.74, 6) is -0.238. The lowest BCUT2D eigenvalue weighted by molar-refractivity contribution is -0.140. The molecule has 0 unspecified atom stereocenters. The maximum atomic E-state index is 13.0. The number of nitrogens with zero attached hydrogens (tertiary/aromatic N) is 1. The highest BCUT2D eigenvalue weighted by molar-refractivity contribution is 5.87. The van der Waals surface area contributed by atoms with E-state index >= 15 is 0 Å². The molecule has 1 aromatic carbocycles. The van der Waals surface area contributed by atoms with Crippen molar-refractivity contribution in [2.45, 2.75) is 46.7 Å². The molecule has 122 valence electrons. The van der Waals surface area contributed by atoms with E-state index in [1.54, 1.807) is 26.0 Å². The van der Waals surface area contributed by atoms with Crippen molar-refractivity contribution in [3.8, 4) is 0 Å². The van der Waals surface area contributed by atoms with E-state index in [1.165, 1.54) is 17.0 Å². The summed E-state index contributed by atoms with van der Waals surface area (Å²) in [6.45, 7) is 8.37. The van der Waals surface area contributed by atoms with Crippen molar-refractivity contribution in [3.05, 3.63) is 35.6 Å². The second-order valence-electron chi connectivity index (χ2n) is 5.82. The SMILES string of the molecule is CCC(=O)N(Cc1ccc(F)cc1)[C@@H](C)C(=O)NCC(C)C. The van der Waals surface area contributed by atoms with Crippen molar-refractivity contribution >= 4 is 11.8 Å². The molecule has 0 heterocycles. The Balaban J connectivity index is 2.81. The maximum Gasteiger partial charge on any atom is 0.242 e. The minimum Gasteiger partial charge on any atom is -0.354 e. The van der Waals surface area contributed by atoms with E-state index in [1.807, 2.05) is 13.8 Å². The van der Waals surface area contributed by atoms with Crippen LogP contribution in [-0.2, 0) is 16.1 Å². The van der Waals surface area contributed by atoms with Gasteiger partial charge in [-0.1, -0.05) is 32.9 Å². The summed E-state index contributed by atoms with van der Waals surface area (Å²) in [6, 6.07) is 5.41. The Morgan fingerprint density at radius 3 is 2.27 bits per heavy atom. The second kappa shape index (κ2) is 8.51. The molecule has 0 radical (unpaired) electrons. The molecule has 0 aliphatic rings. The smallest absolute Gasteiger partial charge is 0.242 e. The molecular weight excluding hydrogens is 283 g/mol. The topological polar surface area (TPSA) is 49.4 Å². The van der Waals surface area contributed by atoms with Crippen LogP contribution in [0.1, 0.15) is 39.7 Å². The van der Waals surface area contributed by atoms with Gasteiger partial charge in [-0.15, -0.1) is 0 Å². The standard InChI is InChI=1S/C17H25FN2O2/c1-5-16(21)20(11-14-6-8-15(18)9-7-14)13(4)17(22)19-10-12(2)3/h6-9,12-13H,5,10-11H2,1-4H3,(H,19,22)/t13-/m0/s1. The third-order valence-electron chi connectivity index (χ3n) is 3.42. The van der Waals surface area contributed by atoms with Gasteiger partial charge in [0.25, 0.3) is 0 Å². The van der Waals surface area contributed by atoms with Crippen molar-refractivity contribution in [1.29, 1.82) is 0 Å². The van der Waals surface area contributed by atoms with Crippen molar-refractivity contribution < 1.29 is 14.0 Å². The molecule has 0 aromatic heterocycles. The average molecular weight is 308 g/mol. The van der Waals surface area contributed by atoms with Crippen LogP contribution in [-0.4, -0.2) is 29.3 Å². The predicted octanol–water partition coefficient (Wildman–Crippen LogP) is 2.73. The summed E-state index contributed by atoms with van der Waals surface area (Å²) in [5, 5.41) is 2.84. The van der Waals surface area contributed by atoms with Gasteiger partial charge in [-0.25, -0.2) is 4.39 Å². The number of hydrogen-bond donors (Lipinski definition) is 1. The van der Waals surface area contributed by atoms with E-state index in [9.17, 15) is 14.0 Å². The first-order valence-corrected chi connectivity index (χ1v) is 7.66. The zero-order chi connectivity index (χ0) is 16.7. The molecule has 5 heteroatoms. The lowest BCUT2D eigenvalue weighted by atomic mass is 10.1. The first kappa shape index (κ1) is 18.1. The van der Waals surface area contributed by atoms with Crippen LogP contribution in [0.4, 0.5) is 4.39 Å². The van der Waals surface area contributed by atoms with Crippen LogP contribution in [0.3, 0.4) is 0 Å². The maximum absolute atomic E-state index is 13.0. The summed E-state index contributed by atoms with van der Waals surface area (Å²) >= 11 is 0. The van der Waals surface area contributed by atoms with Gasteiger partial charge in [0.2, 0.25) is 11.8 Å². The largest absolute Gasteiger partial charge is 0.354 e. The zero-order valence-electron chi connectivity index (χ0n) is 13.7. The highest BCUT2D eigenvalue weighted by atomic mass is 19.1. The second-order valence-corrected chi connectivity index (χ2v) is 5.82. The van der Waals surface area contributed by atoms with E-state index in [4.69, 9.17) is 0 Å². The molecule has 1 rings (SSSR count). The molecular formula is C17H25FN2O2. The Labute approximate surface area is 131 Å². The molecule has 2 amide bonds. The average Bonchev–Trinajstić information content (AvgIpc) is 2.50. The van der Waals surface area contributed by atoms with E-state index in [0.717, 1.165) is 5.56 Å². The molecule has 0 fully saturated rings. The van der Waals surface area contributed by atoms with Gasteiger partial charge >= 0.3 is 0 Å². The van der Waals surface area contributed by atoms with Gasteiger partial charge < -0.3 is 10.2 Å². The van der Waals surface area contributed by atoms with Crippen LogP contribution in [0, 0.1) is 11.7 Å². The third kappa shape index (κ3) is 5.47. The molecule has 4 nitrogen and oxygen atoms in total. The van der Waals surface area contributed by atoms with Gasteiger partial charge in [0.05, 0.1) is 0 Å². The summed E-state index contributed by atoms with van der Waals surface area (Å²) in [5.41, 5.74) is 0.798. The molecule has 1 N–H and O–H groups in total. The van der Waals surface area contributed by atoms with Crippen LogP contribution in [0.2, 0.25) is 0 Å². The number of rotatable bonds is 7. The van der Waals surface area contributed by atoms with E-state index in [0.29, 0.717) is 25.4 Å². The molecule has 0 bridgehead atoms. The van der Waals surface area contributed by atoms with Gasteiger partial charge in [-0.3, -0.25) is 9.59 Å². The number of carbonyl (C=O) groups excluding carboxylic acids is 2. The van der Waals surface area contributed by atoms with Crippen molar-refractivity contribution in [1.82, 2.24) is 10.2 Å². The highest BCUT2D eigenvalue weighted by Crippen LogP contribution is 2.11. The van der Waals surface area contributed by atoms with Crippen molar-refractivity contribution in [2.24, 2.45) is 5.92 Å². The quantitative estimate of drug-likeness (QED) is 0.842. The van der Waals surface area contributed by atoms with Crippen LogP contribution in [0.25, 0.3) is 0 Å². The Morgan fingerprint density at radius 2 is 1.77 bits per heavy atom. The lowest BCUT2D eigenvalue weighted by Crippen LogP contribution is -2.48. The van der Waals surface area contributed by atoms with E-state index in [-0.39, 0.29) is 17.6 Å². The molecule has 0 saturated carbocycles. The van der Waals surface area contributed by atoms with E-state index in [2.05, 4.69) is 5.32 Å². The summed E-state index contributed by atoms with van der Waals surface area (Å²) in [4.78, 5) is 25.9. The lowest BCUT2D eigenvalue weighted by Gasteiger charge is -2.28.